The molecule has 0 bridgehead atoms. The summed E-state index contributed by atoms with van der Waals surface area (Å²) < 4.78 is 70.0. The summed E-state index contributed by atoms with van der Waals surface area (Å²) in [6.45, 7) is 2.71. The lowest BCUT2D eigenvalue weighted by Gasteiger charge is -2.08. The molecule has 0 atom stereocenters. The fraction of sp³-hybridized carbons (Fsp3) is 0.200. The van der Waals surface area contributed by atoms with E-state index in [4.69, 9.17) is 38.2 Å². The highest BCUT2D eigenvalue weighted by atomic mass is 32.2. The molecule has 0 aliphatic carbocycles. The predicted molar refractivity (Wildman–Crippen MR) is 207 cm³/mol. The number of carbonyl (C=O) groups excluding carboxylic acids is 1. The van der Waals surface area contributed by atoms with Gasteiger partial charge >= 0.3 is 32.2 Å². The molecule has 0 fully saturated rings. The number of nitriles is 2. The Bertz CT molecular complexity index is 2310. The van der Waals surface area contributed by atoms with Crippen molar-refractivity contribution in [1.29, 1.82) is 10.5 Å². The molecule has 4 aromatic carbocycles. The third-order valence-corrected chi connectivity index (χ3v) is 8.00. The minimum absolute atomic E-state index is 0.0659. The summed E-state index contributed by atoms with van der Waals surface area (Å²) in [5.74, 6) is -0.148. The number of carbonyl (C=O) groups is 2. The standard InChI is InChI=1S/C21H21NO6S.C19H17NO6S/c1-3-26-21(23)18(15-22)14-17-6-8-19(9-7-17)27-13-12-16-4-10-20(11-5-16)28-29(2,24)25;1-27(23,24)26-18-8-2-14(3-9-18)10-11-25-17-6-4-15(5-7-17)12-16(13-20)19(21)22/h4-11,14H,3,12-13H2,1-2H3;2-9,12H,10-11H2,1H3,(H,21,22). The zero-order valence-corrected chi connectivity index (χ0v) is 32.2. The van der Waals surface area contributed by atoms with Gasteiger partial charge in [-0.2, -0.15) is 27.4 Å². The van der Waals surface area contributed by atoms with E-state index in [1.807, 2.05) is 6.07 Å². The van der Waals surface area contributed by atoms with Crippen LogP contribution in [0.5, 0.6) is 23.0 Å². The molecule has 0 aromatic heterocycles. The summed E-state index contributed by atoms with van der Waals surface area (Å²) in [6, 6.07) is 30.5. The largest absolute Gasteiger partial charge is 0.493 e. The highest BCUT2D eigenvalue weighted by Crippen LogP contribution is 2.19. The van der Waals surface area contributed by atoms with Crippen molar-refractivity contribution < 1.29 is 54.1 Å². The molecule has 0 amide bonds. The Morgan fingerprint density at radius 1 is 0.607 bits per heavy atom. The summed E-state index contributed by atoms with van der Waals surface area (Å²) in [6.07, 6.45) is 5.96. The van der Waals surface area contributed by atoms with Crippen LogP contribution in [0.1, 0.15) is 29.2 Å². The smallest absolute Gasteiger partial charge is 0.348 e. The molecule has 4 aromatic rings. The predicted octanol–water partition coefficient (Wildman–Crippen LogP) is 5.75. The quantitative estimate of drug-likeness (QED) is 0.0582. The molecule has 0 aliphatic rings. The second kappa shape index (κ2) is 21.3. The van der Waals surface area contributed by atoms with Crippen molar-refractivity contribution in [3.63, 3.8) is 0 Å². The first kappa shape index (κ1) is 43.8. The number of aliphatic carboxylic acids is 1. The molecule has 16 heteroatoms. The van der Waals surface area contributed by atoms with E-state index in [1.54, 1.807) is 110 Å². The van der Waals surface area contributed by atoms with E-state index in [-0.39, 0.29) is 29.3 Å². The van der Waals surface area contributed by atoms with Crippen molar-refractivity contribution in [1.82, 2.24) is 0 Å². The third kappa shape index (κ3) is 16.6. The number of carboxylic acids is 1. The number of benzene rings is 4. The number of esters is 1. The zero-order valence-electron chi connectivity index (χ0n) is 30.6. The first-order valence-corrected chi connectivity index (χ1v) is 20.3. The highest BCUT2D eigenvalue weighted by molar-refractivity contribution is 7.86. The van der Waals surface area contributed by atoms with Crippen LogP contribution in [-0.2, 0) is 47.4 Å². The van der Waals surface area contributed by atoms with E-state index in [1.165, 1.54) is 12.2 Å². The Morgan fingerprint density at radius 3 is 1.29 bits per heavy atom. The van der Waals surface area contributed by atoms with Crippen LogP contribution in [0.2, 0.25) is 0 Å². The van der Waals surface area contributed by atoms with E-state index in [2.05, 4.69) is 0 Å². The number of hydrogen-bond donors (Lipinski definition) is 1. The summed E-state index contributed by atoms with van der Waals surface area (Å²) in [4.78, 5) is 22.4. The van der Waals surface area contributed by atoms with Gasteiger partial charge in [-0.25, -0.2) is 9.59 Å². The normalized spacial score (nSPS) is 11.4. The van der Waals surface area contributed by atoms with Crippen LogP contribution in [0.25, 0.3) is 12.2 Å². The van der Waals surface area contributed by atoms with Crippen molar-refractivity contribution in [3.8, 4) is 35.1 Å². The van der Waals surface area contributed by atoms with Crippen LogP contribution in [0, 0.1) is 22.7 Å². The maximum absolute atomic E-state index is 11.6. The molecule has 0 saturated heterocycles. The van der Waals surface area contributed by atoms with Gasteiger partial charge in [-0.15, -0.1) is 0 Å². The van der Waals surface area contributed by atoms with Crippen molar-refractivity contribution in [3.05, 3.63) is 130 Å². The number of ether oxygens (including phenoxy) is 3. The van der Waals surface area contributed by atoms with Crippen LogP contribution in [0.3, 0.4) is 0 Å². The van der Waals surface area contributed by atoms with E-state index in [9.17, 15) is 26.4 Å². The van der Waals surface area contributed by atoms with Gasteiger partial charge in [-0.1, -0.05) is 48.5 Å². The molecule has 0 heterocycles. The van der Waals surface area contributed by atoms with Gasteiger partial charge in [0.25, 0.3) is 0 Å². The summed E-state index contributed by atoms with van der Waals surface area (Å²) in [5, 5.41) is 26.6. The van der Waals surface area contributed by atoms with Crippen LogP contribution in [0.4, 0.5) is 0 Å². The molecular weight excluding hydrogens is 765 g/mol. The maximum atomic E-state index is 11.6. The van der Waals surface area contributed by atoms with Crippen LogP contribution >= 0.6 is 0 Å². The maximum Gasteiger partial charge on any atom is 0.348 e. The van der Waals surface area contributed by atoms with Gasteiger partial charge in [0.05, 0.1) is 32.3 Å². The van der Waals surface area contributed by atoms with Crippen molar-refractivity contribution >= 4 is 44.3 Å². The average molecular weight is 803 g/mol. The number of carboxylic acid groups (broad SMARTS) is 1. The van der Waals surface area contributed by atoms with Gasteiger partial charge in [-0.3, -0.25) is 0 Å². The Hall–Kier alpha value is -6.62. The van der Waals surface area contributed by atoms with Crippen molar-refractivity contribution in [2.75, 3.05) is 32.3 Å². The SMILES string of the molecule is CCOC(=O)C(C#N)=Cc1ccc(OCCc2ccc(OS(C)(=O)=O)cc2)cc1.CS(=O)(=O)Oc1ccc(CCOc2ccc(C=C(C#N)C(=O)O)cc2)cc1. The van der Waals surface area contributed by atoms with Gasteiger partial charge in [0.1, 0.15) is 46.3 Å². The molecule has 0 spiro atoms. The van der Waals surface area contributed by atoms with E-state index >= 15 is 0 Å². The molecule has 0 saturated carbocycles. The first-order valence-electron chi connectivity index (χ1n) is 16.6. The molecule has 4 rings (SSSR count). The Labute approximate surface area is 325 Å². The lowest BCUT2D eigenvalue weighted by atomic mass is 10.1. The molecule has 1 N–H and O–H groups in total. The number of hydrogen-bond acceptors (Lipinski definition) is 13. The summed E-state index contributed by atoms with van der Waals surface area (Å²) >= 11 is 0. The molecule has 0 radical (unpaired) electrons. The summed E-state index contributed by atoms with van der Waals surface area (Å²) in [5.41, 5.74) is 2.79. The van der Waals surface area contributed by atoms with E-state index < -0.39 is 32.2 Å². The Kier molecular flexibility index (Phi) is 16.7. The van der Waals surface area contributed by atoms with Gasteiger partial charge in [0, 0.05) is 12.8 Å². The van der Waals surface area contributed by atoms with Gasteiger partial charge in [-0.05, 0) is 89.9 Å². The van der Waals surface area contributed by atoms with Crippen LogP contribution in [-0.4, -0.2) is 66.2 Å². The second-order valence-electron chi connectivity index (χ2n) is 11.6. The molecule has 292 valence electrons. The van der Waals surface area contributed by atoms with Crippen molar-refractivity contribution in [2.45, 2.75) is 19.8 Å². The summed E-state index contributed by atoms with van der Waals surface area (Å²) in [7, 11) is -7.08. The lowest BCUT2D eigenvalue weighted by Crippen LogP contribution is -2.06. The topological polar surface area (TPSA) is 216 Å². The first-order chi connectivity index (χ1) is 26.6. The minimum Gasteiger partial charge on any atom is -0.493 e. The lowest BCUT2D eigenvalue weighted by molar-refractivity contribution is -0.138. The molecule has 0 aliphatic heterocycles. The van der Waals surface area contributed by atoms with Crippen molar-refractivity contribution in [2.24, 2.45) is 0 Å². The molecule has 0 unspecified atom stereocenters. The van der Waals surface area contributed by atoms with E-state index in [0.717, 1.165) is 23.6 Å². The zero-order chi connectivity index (χ0) is 41.1. The number of rotatable bonds is 17. The van der Waals surface area contributed by atoms with Gasteiger partial charge in [0.2, 0.25) is 0 Å². The monoisotopic (exact) mass is 802 g/mol. The Morgan fingerprint density at radius 2 is 0.964 bits per heavy atom. The van der Waals surface area contributed by atoms with Gasteiger partial charge in [0.15, 0.2) is 0 Å². The van der Waals surface area contributed by atoms with Crippen LogP contribution in [0.15, 0.2) is 108 Å². The molecular formula is C40H38N2O12S2. The van der Waals surface area contributed by atoms with E-state index in [0.29, 0.717) is 48.7 Å². The fourth-order valence-corrected chi connectivity index (χ4v) is 5.41. The molecule has 14 nitrogen and oxygen atoms in total. The highest BCUT2D eigenvalue weighted by Gasteiger charge is 2.10. The van der Waals surface area contributed by atoms with Gasteiger partial charge < -0.3 is 27.7 Å². The average Bonchev–Trinajstić information content (AvgIpc) is 3.14. The Balaban J connectivity index is 0.000000301. The minimum atomic E-state index is -3.54. The fourth-order valence-electron chi connectivity index (χ4n) is 4.49. The molecule has 56 heavy (non-hydrogen) atoms. The number of nitrogens with zero attached hydrogens (tertiary/aromatic N) is 2. The second-order valence-corrected chi connectivity index (χ2v) is 14.7. The third-order valence-electron chi connectivity index (χ3n) is 7.01. The van der Waals surface area contributed by atoms with Crippen LogP contribution < -0.4 is 17.8 Å².